The Bertz CT molecular complexity index is 1960. The third kappa shape index (κ3) is 7.03. The summed E-state index contributed by atoms with van der Waals surface area (Å²) in [4.78, 5) is 31.7. The predicted octanol–water partition coefficient (Wildman–Crippen LogP) is 8.02. The third-order valence-corrected chi connectivity index (χ3v) is 12.5. The molecular formula is C38H42ClF3N2O7S. The van der Waals surface area contributed by atoms with Crippen LogP contribution in [0, 0.1) is 11.8 Å². The lowest BCUT2D eigenvalue weighted by Gasteiger charge is -2.51. The van der Waals surface area contributed by atoms with Gasteiger partial charge in [-0.1, -0.05) is 37.6 Å². The fourth-order valence-electron chi connectivity index (χ4n) is 9.00. The molecule has 3 aliphatic rings. The monoisotopic (exact) mass is 762 g/mol. The molecule has 6 rings (SSSR count). The molecule has 3 atom stereocenters. The molecule has 280 valence electrons. The summed E-state index contributed by atoms with van der Waals surface area (Å²) in [5.41, 5.74) is 0.652. The maximum absolute atomic E-state index is 14.3. The average molecular weight is 763 g/mol. The zero-order chi connectivity index (χ0) is 37.6. The van der Waals surface area contributed by atoms with Crippen LogP contribution >= 0.6 is 11.6 Å². The molecule has 2 aromatic carbocycles. The van der Waals surface area contributed by atoms with Crippen molar-refractivity contribution in [3.63, 3.8) is 0 Å². The number of pyridine rings is 1. The number of halogens is 4. The van der Waals surface area contributed by atoms with Crippen molar-refractivity contribution < 1.29 is 45.2 Å². The lowest BCUT2D eigenvalue weighted by atomic mass is 9.59. The zero-order valence-electron chi connectivity index (χ0n) is 29.2. The van der Waals surface area contributed by atoms with Gasteiger partial charge in [-0.25, -0.2) is 4.79 Å². The number of carbonyl (C=O) groups is 2. The fourth-order valence-corrected chi connectivity index (χ4v) is 9.69. The van der Waals surface area contributed by atoms with Crippen molar-refractivity contribution in [2.75, 3.05) is 18.6 Å². The van der Waals surface area contributed by atoms with Crippen molar-refractivity contribution in [2.45, 2.75) is 99.6 Å². The van der Waals surface area contributed by atoms with Gasteiger partial charge in [0.1, 0.15) is 11.3 Å². The van der Waals surface area contributed by atoms with E-state index < -0.39 is 39.1 Å². The topological polar surface area (TPSA) is 123 Å². The van der Waals surface area contributed by atoms with Gasteiger partial charge in [0, 0.05) is 28.2 Å². The van der Waals surface area contributed by atoms with Gasteiger partial charge in [-0.2, -0.15) is 21.6 Å². The molecule has 1 heterocycles. The second-order valence-corrected chi connectivity index (χ2v) is 16.5. The smallest absolute Gasteiger partial charge is 0.471 e. The summed E-state index contributed by atoms with van der Waals surface area (Å²) in [6, 6.07) is 11.7. The number of carbonyl (C=O) groups excluding carboxylic acids is 2. The van der Waals surface area contributed by atoms with Crippen molar-refractivity contribution in [3.05, 3.63) is 82.1 Å². The summed E-state index contributed by atoms with van der Waals surface area (Å²) >= 11 is 6.17. The highest BCUT2D eigenvalue weighted by atomic mass is 35.5. The number of rotatable bonds is 9. The number of nitrogens with zero attached hydrogens (tertiary/aromatic N) is 2. The van der Waals surface area contributed by atoms with Crippen molar-refractivity contribution in [1.82, 2.24) is 4.98 Å². The van der Waals surface area contributed by atoms with E-state index in [4.69, 9.17) is 21.1 Å². The number of amides is 1. The van der Waals surface area contributed by atoms with Crippen molar-refractivity contribution in [1.29, 1.82) is 0 Å². The van der Waals surface area contributed by atoms with Gasteiger partial charge in [0.15, 0.2) is 0 Å². The number of fused-ring (bicyclic) bond motifs is 3. The molecule has 1 N–H and O–H groups in total. The summed E-state index contributed by atoms with van der Waals surface area (Å²) in [5, 5.41) is 0.0743. The molecule has 0 bridgehead atoms. The molecule has 1 saturated carbocycles. The Balaban J connectivity index is 1.35. The summed E-state index contributed by atoms with van der Waals surface area (Å²) in [6.45, 7) is 4.61. The Morgan fingerprint density at radius 1 is 1.12 bits per heavy atom. The van der Waals surface area contributed by atoms with Crippen LogP contribution in [0.5, 0.6) is 5.75 Å². The predicted molar refractivity (Wildman–Crippen MR) is 188 cm³/mol. The lowest BCUT2D eigenvalue weighted by molar-refractivity contribution is -0.174. The van der Waals surface area contributed by atoms with Crippen LogP contribution in [0.4, 0.5) is 18.9 Å². The van der Waals surface area contributed by atoms with Crippen LogP contribution in [-0.2, 0) is 42.7 Å². The summed E-state index contributed by atoms with van der Waals surface area (Å²) in [6.07, 6.45) is 0.430. The Morgan fingerprint density at radius 3 is 2.50 bits per heavy atom. The highest BCUT2D eigenvalue weighted by Gasteiger charge is 2.60. The van der Waals surface area contributed by atoms with Gasteiger partial charge in [-0.15, -0.1) is 0 Å². The maximum Gasteiger partial charge on any atom is 0.471 e. The first-order valence-corrected chi connectivity index (χ1v) is 19.3. The first kappa shape index (κ1) is 38.1. The van der Waals surface area contributed by atoms with Gasteiger partial charge >= 0.3 is 18.1 Å². The normalized spacial score (nSPS) is 24.8. The van der Waals surface area contributed by atoms with Gasteiger partial charge in [0.05, 0.1) is 18.6 Å². The van der Waals surface area contributed by atoms with Crippen LogP contribution < -0.4 is 9.64 Å². The van der Waals surface area contributed by atoms with E-state index in [1.807, 2.05) is 6.07 Å². The number of hydrogen-bond acceptors (Lipinski definition) is 7. The first-order chi connectivity index (χ1) is 24.5. The van der Waals surface area contributed by atoms with E-state index in [1.54, 1.807) is 12.3 Å². The highest BCUT2D eigenvalue weighted by molar-refractivity contribution is 7.85. The molecular weight excluding hydrogens is 721 g/mol. The molecule has 1 aromatic heterocycles. The van der Waals surface area contributed by atoms with Crippen LogP contribution in [0.3, 0.4) is 0 Å². The molecule has 3 aromatic rings. The second kappa shape index (κ2) is 14.3. The quantitative estimate of drug-likeness (QED) is 0.172. The summed E-state index contributed by atoms with van der Waals surface area (Å²) in [5.74, 6) is -2.23. The molecule has 52 heavy (non-hydrogen) atoms. The molecule has 1 spiro atoms. The van der Waals surface area contributed by atoms with Gasteiger partial charge in [-0.05, 0) is 128 Å². The molecule has 14 heteroatoms. The Kier molecular flexibility index (Phi) is 10.5. The standard InChI is InChI=1S/C38H42ClF3N2O7S/c1-23(22-51-32-12-17-43-31-9-4-6-24(2)33(31)32)18-26-19-25-10-11-29(52(47,48)49)21-30(25)36(26)13-15-37(16-14-36,35(46)50-3)44(34(45)38(40,41)42)28-8-5-7-27(39)20-28/h5,7-8,10-12,17,20-21,23-24,26H,4,6,9,13-16,18-19,22H2,1-3H3,(H,47,48,49)/t23-,24-,26+,36?,37?/m1/s1. The van der Waals surface area contributed by atoms with Gasteiger partial charge in [0.25, 0.3) is 10.1 Å². The van der Waals surface area contributed by atoms with Crippen LogP contribution in [0.1, 0.15) is 87.1 Å². The average Bonchev–Trinajstić information content (AvgIpc) is 3.38. The van der Waals surface area contributed by atoms with Gasteiger partial charge < -0.3 is 9.47 Å². The molecule has 1 amide bonds. The van der Waals surface area contributed by atoms with E-state index in [0.717, 1.165) is 48.9 Å². The number of esters is 1. The zero-order valence-corrected chi connectivity index (χ0v) is 30.8. The first-order valence-electron chi connectivity index (χ1n) is 17.5. The van der Waals surface area contributed by atoms with Crippen LogP contribution in [-0.4, -0.2) is 55.3 Å². The van der Waals surface area contributed by atoms with Crippen molar-refractivity contribution in [3.8, 4) is 5.75 Å². The third-order valence-electron chi connectivity index (χ3n) is 11.4. The van der Waals surface area contributed by atoms with E-state index in [-0.39, 0.29) is 53.1 Å². The summed E-state index contributed by atoms with van der Waals surface area (Å²) in [7, 11) is -3.52. The van der Waals surface area contributed by atoms with E-state index in [9.17, 15) is 35.7 Å². The molecule has 9 nitrogen and oxygen atoms in total. The Hall–Kier alpha value is -3.68. The number of ether oxygens (including phenoxy) is 2. The highest BCUT2D eigenvalue weighted by Crippen LogP contribution is 2.58. The Morgan fingerprint density at radius 2 is 1.85 bits per heavy atom. The lowest BCUT2D eigenvalue weighted by Crippen LogP contribution is -2.63. The molecule has 0 saturated heterocycles. The second-order valence-electron chi connectivity index (χ2n) is 14.6. The van der Waals surface area contributed by atoms with E-state index >= 15 is 0 Å². The van der Waals surface area contributed by atoms with E-state index in [1.165, 1.54) is 36.4 Å². The maximum atomic E-state index is 14.3. The largest absolute Gasteiger partial charge is 0.493 e. The molecule has 0 radical (unpaired) electrons. The fraction of sp³-hybridized carbons (Fsp3) is 0.500. The minimum atomic E-state index is -5.33. The minimum absolute atomic E-state index is 0.00185. The van der Waals surface area contributed by atoms with Gasteiger partial charge in [0.2, 0.25) is 0 Å². The summed E-state index contributed by atoms with van der Waals surface area (Å²) < 4.78 is 88.9. The number of aromatic nitrogens is 1. The number of anilines is 1. The van der Waals surface area contributed by atoms with Crippen LogP contribution in [0.15, 0.2) is 59.6 Å². The minimum Gasteiger partial charge on any atom is -0.493 e. The molecule has 1 fully saturated rings. The van der Waals surface area contributed by atoms with E-state index in [0.29, 0.717) is 35.8 Å². The van der Waals surface area contributed by atoms with E-state index in [2.05, 4.69) is 18.8 Å². The molecule has 3 aliphatic carbocycles. The van der Waals surface area contributed by atoms with Crippen molar-refractivity contribution >= 4 is 39.3 Å². The number of alkyl halides is 3. The number of aryl methyl sites for hydroxylation is 1. The van der Waals surface area contributed by atoms with Crippen molar-refractivity contribution in [2.24, 2.45) is 11.8 Å². The van der Waals surface area contributed by atoms with Gasteiger partial charge in [-0.3, -0.25) is 19.2 Å². The van der Waals surface area contributed by atoms with Crippen LogP contribution in [0.2, 0.25) is 5.02 Å². The SMILES string of the molecule is COC(=O)C1(N(C(=O)C(F)(F)F)c2cccc(Cl)c2)CCC2(CC1)c1cc(S(=O)(=O)O)ccc1C[C@@H]2C[C@@H](C)COc1ccnc2c1[C@H](C)CCC2. The number of benzene rings is 2. The Labute approximate surface area is 306 Å². The number of hydrogen-bond donors (Lipinski definition) is 1. The molecule has 0 unspecified atom stereocenters. The van der Waals surface area contributed by atoms with Crippen LogP contribution in [0.25, 0.3) is 0 Å². The molecule has 0 aliphatic heterocycles. The number of methoxy groups -OCH3 is 1.